The summed E-state index contributed by atoms with van der Waals surface area (Å²) in [7, 11) is 0. The molecule has 0 saturated carbocycles. The molecular formula is C23H27ClN2O3. The van der Waals surface area contributed by atoms with E-state index in [0.717, 1.165) is 55.4 Å². The van der Waals surface area contributed by atoms with Crippen LogP contribution in [0.5, 0.6) is 0 Å². The number of hydrogen-bond donors (Lipinski definition) is 1. The van der Waals surface area contributed by atoms with E-state index in [0.29, 0.717) is 25.3 Å². The number of rotatable bonds is 5. The average molecular weight is 415 g/mol. The average Bonchev–Trinajstić information content (AvgIpc) is 2.79. The number of halogens is 1. The lowest BCUT2D eigenvalue weighted by molar-refractivity contribution is 0.0487. The van der Waals surface area contributed by atoms with Crippen molar-refractivity contribution in [2.24, 2.45) is 0 Å². The number of carbonyl (C=O) groups excluding carboxylic acids is 1. The number of hydrogen-bond acceptors (Lipinski definition) is 4. The molecule has 2 heterocycles. The molecule has 2 fully saturated rings. The van der Waals surface area contributed by atoms with Gasteiger partial charge in [-0.15, -0.1) is 0 Å². The zero-order chi connectivity index (χ0) is 20.1. The summed E-state index contributed by atoms with van der Waals surface area (Å²) in [5, 5.41) is 3.88. The molecule has 154 valence electrons. The van der Waals surface area contributed by atoms with E-state index >= 15 is 0 Å². The lowest BCUT2D eigenvalue weighted by atomic mass is 9.74. The molecule has 0 bridgehead atoms. The molecule has 0 atom stereocenters. The first kappa shape index (κ1) is 20.2. The van der Waals surface area contributed by atoms with Crippen molar-refractivity contribution in [1.82, 2.24) is 5.32 Å². The van der Waals surface area contributed by atoms with E-state index < -0.39 is 0 Å². The predicted molar refractivity (Wildman–Crippen MR) is 115 cm³/mol. The maximum atomic E-state index is 12.8. The first-order chi connectivity index (χ1) is 14.2. The predicted octanol–water partition coefficient (Wildman–Crippen LogP) is 3.65. The van der Waals surface area contributed by atoms with Gasteiger partial charge in [-0.2, -0.15) is 0 Å². The van der Waals surface area contributed by atoms with Crippen LogP contribution >= 0.6 is 11.6 Å². The van der Waals surface area contributed by atoms with Gasteiger partial charge in [0.2, 0.25) is 0 Å². The molecule has 0 radical (unpaired) electrons. The molecule has 2 aliphatic rings. The molecule has 29 heavy (non-hydrogen) atoms. The second kappa shape index (κ2) is 9.16. The van der Waals surface area contributed by atoms with Crippen LogP contribution in [0.3, 0.4) is 0 Å². The van der Waals surface area contributed by atoms with Crippen molar-refractivity contribution in [2.45, 2.75) is 18.3 Å². The van der Waals surface area contributed by atoms with Crippen LogP contribution in [0.4, 0.5) is 5.69 Å². The maximum Gasteiger partial charge on any atom is 0.251 e. The second-order valence-corrected chi connectivity index (χ2v) is 8.17. The first-order valence-electron chi connectivity index (χ1n) is 10.2. The minimum atomic E-state index is -0.146. The largest absolute Gasteiger partial charge is 0.381 e. The van der Waals surface area contributed by atoms with Gasteiger partial charge in [-0.3, -0.25) is 4.79 Å². The summed E-state index contributed by atoms with van der Waals surface area (Å²) < 4.78 is 11.0. The second-order valence-electron chi connectivity index (χ2n) is 7.73. The fourth-order valence-electron chi connectivity index (χ4n) is 4.14. The van der Waals surface area contributed by atoms with Crippen molar-refractivity contribution < 1.29 is 14.3 Å². The fraction of sp³-hybridized carbons (Fsp3) is 0.435. The van der Waals surface area contributed by atoms with Crippen molar-refractivity contribution in [1.29, 1.82) is 0 Å². The minimum absolute atomic E-state index is 0.0496. The lowest BCUT2D eigenvalue weighted by Gasteiger charge is -2.38. The third-order valence-electron chi connectivity index (χ3n) is 5.98. The van der Waals surface area contributed by atoms with Crippen molar-refractivity contribution in [3.05, 3.63) is 64.7 Å². The Balaban J connectivity index is 1.44. The van der Waals surface area contributed by atoms with Gasteiger partial charge < -0.3 is 19.7 Å². The highest BCUT2D eigenvalue weighted by molar-refractivity contribution is 6.30. The molecular weight excluding hydrogens is 388 g/mol. The van der Waals surface area contributed by atoms with Crippen LogP contribution in [0.15, 0.2) is 48.5 Å². The van der Waals surface area contributed by atoms with Gasteiger partial charge in [0.15, 0.2) is 0 Å². The van der Waals surface area contributed by atoms with Gasteiger partial charge in [-0.25, -0.2) is 0 Å². The Bertz CT molecular complexity index is 828. The van der Waals surface area contributed by atoms with Gasteiger partial charge in [0.25, 0.3) is 5.91 Å². The standard InChI is InChI=1S/C23H27ClN2O3/c24-20-3-1-2-19(16-20)23(8-12-28-13-9-23)17-25-22(27)18-4-6-21(7-5-18)26-10-14-29-15-11-26/h1-7,16H,8-15,17H2,(H,25,27). The molecule has 1 amide bonds. The van der Waals surface area contributed by atoms with Crippen LogP contribution in [-0.2, 0) is 14.9 Å². The molecule has 2 aromatic carbocycles. The van der Waals surface area contributed by atoms with Crippen LogP contribution in [-0.4, -0.2) is 52.0 Å². The number of morpholine rings is 1. The van der Waals surface area contributed by atoms with Crippen molar-refractivity contribution >= 4 is 23.2 Å². The summed E-state index contributed by atoms with van der Waals surface area (Å²) in [6, 6.07) is 15.8. The third kappa shape index (κ3) is 4.74. The zero-order valence-electron chi connectivity index (χ0n) is 16.5. The van der Waals surface area contributed by atoms with Crippen LogP contribution in [0, 0.1) is 0 Å². The Labute approximate surface area is 176 Å². The van der Waals surface area contributed by atoms with Crippen LogP contribution in [0.2, 0.25) is 5.02 Å². The molecule has 2 saturated heterocycles. The van der Waals surface area contributed by atoms with Crippen molar-refractivity contribution in [3.63, 3.8) is 0 Å². The van der Waals surface area contributed by atoms with Crippen LogP contribution < -0.4 is 10.2 Å². The van der Waals surface area contributed by atoms with Gasteiger partial charge in [0, 0.05) is 54.5 Å². The normalized spacial score (nSPS) is 19.0. The van der Waals surface area contributed by atoms with Gasteiger partial charge in [0.05, 0.1) is 13.2 Å². The molecule has 0 aromatic heterocycles. The summed E-state index contributed by atoms with van der Waals surface area (Å²) in [6.07, 6.45) is 1.73. The molecule has 1 N–H and O–H groups in total. The van der Waals surface area contributed by atoms with E-state index in [4.69, 9.17) is 21.1 Å². The van der Waals surface area contributed by atoms with Gasteiger partial charge in [-0.05, 0) is 54.8 Å². The van der Waals surface area contributed by atoms with E-state index in [1.54, 1.807) is 0 Å². The molecule has 4 rings (SSSR count). The maximum absolute atomic E-state index is 12.8. The Morgan fingerprint density at radius 1 is 1.00 bits per heavy atom. The van der Waals surface area contributed by atoms with Gasteiger partial charge in [-0.1, -0.05) is 23.7 Å². The van der Waals surface area contributed by atoms with Crippen LogP contribution in [0.25, 0.3) is 0 Å². The topological polar surface area (TPSA) is 50.8 Å². The first-order valence-corrected chi connectivity index (χ1v) is 10.6. The van der Waals surface area contributed by atoms with Crippen LogP contribution in [0.1, 0.15) is 28.8 Å². The molecule has 2 aromatic rings. The zero-order valence-corrected chi connectivity index (χ0v) is 17.3. The quantitative estimate of drug-likeness (QED) is 0.811. The summed E-state index contributed by atoms with van der Waals surface area (Å²) >= 11 is 6.23. The number of nitrogens with one attached hydrogen (secondary N) is 1. The SMILES string of the molecule is O=C(NCC1(c2cccc(Cl)c2)CCOCC1)c1ccc(N2CCOCC2)cc1. The van der Waals surface area contributed by atoms with Crippen molar-refractivity contribution in [2.75, 3.05) is 51.0 Å². The monoisotopic (exact) mass is 414 g/mol. The summed E-state index contributed by atoms with van der Waals surface area (Å²) in [4.78, 5) is 15.1. The number of ether oxygens (including phenoxy) is 2. The highest BCUT2D eigenvalue weighted by atomic mass is 35.5. The van der Waals surface area contributed by atoms with E-state index in [9.17, 15) is 4.79 Å². The highest BCUT2D eigenvalue weighted by Crippen LogP contribution is 2.35. The van der Waals surface area contributed by atoms with Crippen molar-refractivity contribution in [3.8, 4) is 0 Å². The number of benzene rings is 2. The highest BCUT2D eigenvalue weighted by Gasteiger charge is 2.35. The molecule has 0 unspecified atom stereocenters. The summed E-state index contributed by atoms with van der Waals surface area (Å²) in [5.41, 5.74) is 2.82. The molecule has 0 aliphatic carbocycles. The Kier molecular flexibility index (Phi) is 6.38. The lowest BCUT2D eigenvalue weighted by Crippen LogP contribution is -2.44. The fourth-order valence-corrected chi connectivity index (χ4v) is 4.34. The summed E-state index contributed by atoms with van der Waals surface area (Å²) in [6.45, 7) is 5.22. The summed E-state index contributed by atoms with van der Waals surface area (Å²) in [5.74, 6) is -0.0496. The molecule has 6 heteroatoms. The number of anilines is 1. The van der Waals surface area contributed by atoms with Gasteiger partial charge >= 0.3 is 0 Å². The van der Waals surface area contributed by atoms with E-state index in [2.05, 4.69) is 16.3 Å². The van der Waals surface area contributed by atoms with E-state index in [1.165, 1.54) is 0 Å². The molecule has 0 spiro atoms. The smallest absolute Gasteiger partial charge is 0.251 e. The Morgan fingerprint density at radius 2 is 1.69 bits per heavy atom. The Hall–Kier alpha value is -2.08. The number of amides is 1. The molecule has 2 aliphatic heterocycles. The third-order valence-corrected chi connectivity index (χ3v) is 6.22. The van der Waals surface area contributed by atoms with E-state index in [-0.39, 0.29) is 11.3 Å². The van der Waals surface area contributed by atoms with Gasteiger partial charge in [0.1, 0.15) is 0 Å². The number of nitrogens with zero attached hydrogens (tertiary/aromatic N) is 1. The Morgan fingerprint density at radius 3 is 2.38 bits per heavy atom. The number of carbonyl (C=O) groups is 1. The van der Waals surface area contributed by atoms with E-state index in [1.807, 2.05) is 42.5 Å². The molecule has 5 nitrogen and oxygen atoms in total. The minimum Gasteiger partial charge on any atom is -0.381 e.